The van der Waals surface area contributed by atoms with Crippen LogP contribution >= 0.6 is 0 Å². The summed E-state index contributed by atoms with van der Waals surface area (Å²) in [5.74, 6) is -1.42. The van der Waals surface area contributed by atoms with Crippen LogP contribution in [0.3, 0.4) is 0 Å². The molecule has 1 rings (SSSR count). The second kappa shape index (κ2) is 6.88. The second-order valence-electron chi connectivity index (χ2n) is 5.49. The average Bonchev–Trinajstić information content (AvgIpc) is 2.35. The molecule has 0 saturated carbocycles. The molecule has 0 aliphatic carbocycles. The van der Waals surface area contributed by atoms with Gasteiger partial charge in [-0.25, -0.2) is 0 Å². The van der Waals surface area contributed by atoms with E-state index in [4.69, 9.17) is 5.11 Å². The number of carbonyl (C=O) groups is 3. The van der Waals surface area contributed by atoms with Gasteiger partial charge >= 0.3 is 5.97 Å². The van der Waals surface area contributed by atoms with Gasteiger partial charge in [-0.05, 0) is 38.5 Å². The summed E-state index contributed by atoms with van der Waals surface area (Å²) in [4.78, 5) is 33.8. The topological polar surface area (TPSA) is 95.5 Å². The zero-order valence-corrected chi connectivity index (χ0v) is 12.4. The van der Waals surface area contributed by atoms with E-state index in [0.29, 0.717) is 17.7 Å². The van der Waals surface area contributed by atoms with Gasteiger partial charge in [0.1, 0.15) is 0 Å². The second-order valence-corrected chi connectivity index (χ2v) is 5.49. The van der Waals surface area contributed by atoms with E-state index in [9.17, 15) is 14.4 Å². The van der Waals surface area contributed by atoms with Crippen LogP contribution < -0.4 is 10.6 Å². The molecule has 2 amide bonds. The largest absolute Gasteiger partial charge is 0.481 e. The molecule has 0 heterocycles. The zero-order valence-electron chi connectivity index (χ0n) is 12.4. The Morgan fingerprint density at radius 3 is 2.48 bits per heavy atom. The van der Waals surface area contributed by atoms with Crippen molar-refractivity contribution in [2.24, 2.45) is 0 Å². The van der Waals surface area contributed by atoms with Crippen molar-refractivity contribution in [2.75, 3.05) is 5.32 Å². The van der Waals surface area contributed by atoms with Crippen LogP contribution in [0.25, 0.3) is 0 Å². The maximum absolute atomic E-state index is 12.2. The number of benzene rings is 1. The van der Waals surface area contributed by atoms with Gasteiger partial charge in [0.25, 0.3) is 5.91 Å². The molecule has 114 valence electrons. The zero-order chi connectivity index (χ0) is 16.0. The first-order chi connectivity index (χ1) is 9.69. The van der Waals surface area contributed by atoms with Crippen molar-refractivity contribution < 1.29 is 19.5 Å². The summed E-state index contributed by atoms with van der Waals surface area (Å²) in [7, 11) is 0. The smallest absolute Gasteiger partial charge is 0.303 e. The van der Waals surface area contributed by atoms with Crippen molar-refractivity contribution in [1.29, 1.82) is 0 Å². The lowest BCUT2D eigenvalue weighted by Crippen LogP contribution is -2.43. The molecule has 0 atom stereocenters. The van der Waals surface area contributed by atoms with Crippen LogP contribution in [0.5, 0.6) is 0 Å². The summed E-state index contributed by atoms with van der Waals surface area (Å²) in [5.41, 5.74) is 0.322. The van der Waals surface area contributed by atoms with E-state index in [1.54, 1.807) is 38.1 Å². The fourth-order valence-electron chi connectivity index (χ4n) is 1.80. The highest BCUT2D eigenvalue weighted by atomic mass is 16.4. The van der Waals surface area contributed by atoms with Gasteiger partial charge in [-0.2, -0.15) is 0 Å². The van der Waals surface area contributed by atoms with E-state index in [-0.39, 0.29) is 18.2 Å². The first-order valence-corrected chi connectivity index (χ1v) is 6.61. The van der Waals surface area contributed by atoms with Crippen molar-refractivity contribution in [3.63, 3.8) is 0 Å². The summed E-state index contributed by atoms with van der Waals surface area (Å²) < 4.78 is 0. The third-order valence-corrected chi connectivity index (χ3v) is 2.86. The van der Waals surface area contributed by atoms with Crippen LogP contribution in [0.2, 0.25) is 0 Å². The number of hydrogen-bond donors (Lipinski definition) is 3. The summed E-state index contributed by atoms with van der Waals surface area (Å²) >= 11 is 0. The van der Waals surface area contributed by atoms with Crippen LogP contribution in [-0.2, 0) is 9.59 Å². The number of hydrogen-bond acceptors (Lipinski definition) is 3. The Morgan fingerprint density at radius 1 is 1.24 bits per heavy atom. The summed E-state index contributed by atoms with van der Waals surface area (Å²) in [6, 6.07) is 6.57. The van der Waals surface area contributed by atoms with Gasteiger partial charge in [0, 0.05) is 30.1 Å². The molecule has 0 aromatic heterocycles. The maximum atomic E-state index is 12.2. The van der Waals surface area contributed by atoms with Gasteiger partial charge in [0.2, 0.25) is 5.91 Å². The molecular weight excluding hydrogens is 272 g/mol. The third kappa shape index (κ3) is 6.07. The molecular formula is C15H20N2O4. The molecule has 0 aliphatic rings. The van der Waals surface area contributed by atoms with E-state index in [1.165, 1.54) is 6.92 Å². The minimum absolute atomic E-state index is 0.0147. The van der Waals surface area contributed by atoms with Crippen molar-refractivity contribution in [1.82, 2.24) is 5.32 Å². The van der Waals surface area contributed by atoms with Crippen molar-refractivity contribution in [3.8, 4) is 0 Å². The Hall–Kier alpha value is -2.37. The summed E-state index contributed by atoms with van der Waals surface area (Å²) in [6.45, 7) is 4.93. The van der Waals surface area contributed by atoms with E-state index in [0.717, 1.165) is 0 Å². The Balaban J connectivity index is 2.74. The van der Waals surface area contributed by atoms with Crippen molar-refractivity contribution >= 4 is 23.5 Å². The number of anilines is 1. The SMILES string of the molecule is CC(=O)Nc1cccc(C(=O)NC(C)(C)CCC(=O)O)c1. The van der Waals surface area contributed by atoms with Gasteiger partial charge in [-0.15, -0.1) is 0 Å². The molecule has 3 N–H and O–H groups in total. The maximum Gasteiger partial charge on any atom is 0.303 e. The molecule has 0 radical (unpaired) electrons. The van der Waals surface area contributed by atoms with Crippen molar-refractivity contribution in [2.45, 2.75) is 39.2 Å². The highest BCUT2D eigenvalue weighted by molar-refractivity contribution is 5.97. The van der Waals surface area contributed by atoms with E-state index in [2.05, 4.69) is 10.6 Å². The predicted molar refractivity (Wildman–Crippen MR) is 79.2 cm³/mol. The number of amides is 2. The van der Waals surface area contributed by atoms with Crippen LogP contribution in [0.1, 0.15) is 44.0 Å². The van der Waals surface area contributed by atoms with Crippen LogP contribution in [0, 0.1) is 0 Å². The Labute approximate surface area is 123 Å². The Morgan fingerprint density at radius 2 is 1.90 bits per heavy atom. The molecule has 0 fully saturated rings. The highest BCUT2D eigenvalue weighted by Gasteiger charge is 2.22. The summed E-state index contributed by atoms with van der Waals surface area (Å²) in [6.07, 6.45) is 0.318. The van der Waals surface area contributed by atoms with E-state index >= 15 is 0 Å². The lowest BCUT2D eigenvalue weighted by molar-refractivity contribution is -0.137. The van der Waals surface area contributed by atoms with Crippen LogP contribution in [-0.4, -0.2) is 28.4 Å². The lowest BCUT2D eigenvalue weighted by atomic mass is 9.97. The standard InChI is InChI=1S/C15H20N2O4/c1-10(18)16-12-6-4-5-11(9-12)14(21)17-15(2,3)8-7-13(19)20/h4-6,9H,7-8H2,1-3H3,(H,16,18)(H,17,21)(H,19,20). The quantitative estimate of drug-likeness (QED) is 0.747. The number of carbonyl (C=O) groups excluding carboxylic acids is 2. The molecule has 1 aromatic rings. The molecule has 0 bridgehead atoms. The monoisotopic (exact) mass is 292 g/mol. The number of carboxylic acid groups (broad SMARTS) is 1. The number of nitrogens with one attached hydrogen (secondary N) is 2. The molecule has 0 unspecified atom stereocenters. The minimum Gasteiger partial charge on any atom is -0.481 e. The van der Waals surface area contributed by atoms with Crippen LogP contribution in [0.15, 0.2) is 24.3 Å². The number of rotatable bonds is 6. The molecule has 6 heteroatoms. The fraction of sp³-hybridized carbons (Fsp3) is 0.400. The normalized spacial score (nSPS) is 10.8. The summed E-state index contributed by atoms with van der Waals surface area (Å²) in [5, 5.41) is 14.1. The van der Waals surface area contributed by atoms with E-state index in [1.807, 2.05) is 0 Å². The molecule has 1 aromatic carbocycles. The highest BCUT2D eigenvalue weighted by Crippen LogP contribution is 2.15. The van der Waals surface area contributed by atoms with Gasteiger partial charge < -0.3 is 15.7 Å². The Bertz CT molecular complexity index is 552. The fourth-order valence-corrected chi connectivity index (χ4v) is 1.80. The first kappa shape index (κ1) is 16.7. The minimum atomic E-state index is -0.898. The van der Waals surface area contributed by atoms with Gasteiger partial charge in [0.15, 0.2) is 0 Å². The van der Waals surface area contributed by atoms with Crippen molar-refractivity contribution in [3.05, 3.63) is 29.8 Å². The number of aliphatic carboxylic acids is 1. The molecule has 0 saturated heterocycles. The molecule has 6 nitrogen and oxygen atoms in total. The first-order valence-electron chi connectivity index (χ1n) is 6.61. The van der Waals surface area contributed by atoms with Gasteiger partial charge in [0.05, 0.1) is 0 Å². The Kier molecular flexibility index (Phi) is 5.46. The van der Waals surface area contributed by atoms with Crippen LogP contribution in [0.4, 0.5) is 5.69 Å². The molecule has 0 aliphatic heterocycles. The average molecular weight is 292 g/mol. The van der Waals surface area contributed by atoms with Gasteiger partial charge in [-0.3, -0.25) is 14.4 Å². The lowest BCUT2D eigenvalue weighted by Gasteiger charge is -2.25. The molecule has 0 spiro atoms. The third-order valence-electron chi connectivity index (χ3n) is 2.86. The number of carboxylic acids is 1. The predicted octanol–water partition coefficient (Wildman–Crippen LogP) is 2.02. The van der Waals surface area contributed by atoms with E-state index < -0.39 is 11.5 Å². The molecule has 21 heavy (non-hydrogen) atoms. The van der Waals surface area contributed by atoms with Gasteiger partial charge in [-0.1, -0.05) is 6.07 Å².